The molecule has 1 saturated carbocycles. The lowest BCUT2D eigenvalue weighted by Crippen LogP contribution is -2.43. The molecule has 0 radical (unpaired) electrons. The molecule has 1 heterocycles. The molecule has 0 saturated heterocycles. The van der Waals surface area contributed by atoms with E-state index >= 15 is 0 Å². The smallest absolute Gasteiger partial charge is 0.191 e. The van der Waals surface area contributed by atoms with Crippen LogP contribution in [-0.4, -0.2) is 33.3 Å². The first-order valence-corrected chi connectivity index (χ1v) is 9.64. The van der Waals surface area contributed by atoms with E-state index in [1.165, 1.54) is 31.2 Å². The van der Waals surface area contributed by atoms with E-state index in [-0.39, 0.29) is 0 Å². The van der Waals surface area contributed by atoms with E-state index in [9.17, 15) is 0 Å². The molecule has 2 N–H and O–H groups in total. The lowest BCUT2D eigenvalue weighted by atomic mass is 10.1. The van der Waals surface area contributed by atoms with Gasteiger partial charge in [-0.1, -0.05) is 36.6 Å². The van der Waals surface area contributed by atoms with Crippen molar-refractivity contribution in [1.29, 1.82) is 0 Å². The van der Waals surface area contributed by atoms with E-state index in [1.54, 1.807) is 0 Å². The second-order valence-electron chi connectivity index (χ2n) is 6.82. The summed E-state index contributed by atoms with van der Waals surface area (Å²) in [6.07, 6.45) is 5.92. The van der Waals surface area contributed by atoms with E-state index in [1.807, 2.05) is 30.7 Å². The van der Waals surface area contributed by atoms with Crippen molar-refractivity contribution >= 4 is 17.6 Å². The Hall–Kier alpha value is -2.08. The Morgan fingerprint density at radius 1 is 1.23 bits per heavy atom. The number of nitrogens with zero attached hydrogens (tertiary/aromatic N) is 4. The van der Waals surface area contributed by atoms with Gasteiger partial charge >= 0.3 is 0 Å². The number of rotatable bonds is 6. The Labute approximate surface area is 160 Å². The molecule has 0 unspecified atom stereocenters. The molecule has 1 aliphatic carbocycles. The second-order valence-corrected chi connectivity index (χ2v) is 7.25. The van der Waals surface area contributed by atoms with E-state index < -0.39 is 0 Å². The van der Waals surface area contributed by atoms with Crippen molar-refractivity contribution in [2.45, 2.75) is 51.6 Å². The number of hydrogen-bond donors (Lipinski definition) is 2. The predicted molar refractivity (Wildman–Crippen MR) is 105 cm³/mol. The Balaban J connectivity index is 1.59. The fraction of sp³-hybridized carbons (Fsp3) is 0.526. The van der Waals surface area contributed by atoms with Gasteiger partial charge in [0.15, 0.2) is 11.8 Å². The lowest BCUT2D eigenvalue weighted by molar-refractivity contribution is 0.610. The molecule has 7 heteroatoms. The van der Waals surface area contributed by atoms with Crippen LogP contribution >= 0.6 is 11.6 Å². The van der Waals surface area contributed by atoms with E-state index in [4.69, 9.17) is 16.6 Å². The molecular weight excluding hydrogens is 348 g/mol. The zero-order valence-electron chi connectivity index (χ0n) is 15.5. The Bertz CT molecular complexity index is 731. The SMILES string of the molecule is Cc1nnc(CN=C(NCCc2ccc(Cl)cc2)NC2CCCC2)n1C. The molecule has 0 atom stereocenters. The van der Waals surface area contributed by atoms with Gasteiger partial charge in [-0.05, 0) is 43.9 Å². The molecule has 0 spiro atoms. The molecular formula is C19H27ClN6. The molecule has 1 aromatic carbocycles. The van der Waals surface area contributed by atoms with Gasteiger partial charge in [0, 0.05) is 24.7 Å². The summed E-state index contributed by atoms with van der Waals surface area (Å²) in [5.41, 5.74) is 1.26. The van der Waals surface area contributed by atoms with E-state index in [0.717, 1.165) is 35.6 Å². The minimum absolute atomic E-state index is 0.512. The van der Waals surface area contributed by atoms with Crippen LogP contribution in [0.2, 0.25) is 5.02 Å². The predicted octanol–water partition coefficient (Wildman–Crippen LogP) is 3.00. The Morgan fingerprint density at radius 2 is 1.96 bits per heavy atom. The highest BCUT2D eigenvalue weighted by molar-refractivity contribution is 6.30. The molecule has 2 aromatic rings. The minimum Gasteiger partial charge on any atom is -0.356 e. The molecule has 0 aliphatic heterocycles. The van der Waals surface area contributed by atoms with Gasteiger partial charge in [-0.2, -0.15) is 0 Å². The van der Waals surface area contributed by atoms with Crippen molar-refractivity contribution in [1.82, 2.24) is 25.4 Å². The van der Waals surface area contributed by atoms with E-state index in [0.29, 0.717) is 12.6 Å². The highest BCUT2D eigenvalue weighted by Crippen LogP contribution is 2.17. The Kier molecular flexibility index (Phi) is 6.50. The van der Waals surface area contributed by atoms with Gasteiger partial charge in [-0.25, -0.2) is 4.99 Å². The van der Waals surface area contributed by atoms with Crippen molar-refractivity contribution in [2.75, 3.05) is 6.54 Å². The van der Waals surface area contributed by atoms with Gasteiger partial charge in [0.25, 0.3) is 0 Å². The maximum atomic E-state index is 5.95. The van der Waals surface area contributed by atoms with Gasteiger partial charge in [-0.15, -0.1) is 10.2 Å². The van der Waals surface area contributed by atoms with Gasteiger partial charge in [0.2, 0.25) is 0 Å². The third-order valence-corrected chi connectivity index (χ3v) is 5.13. The van der Waals surface area contributed by atoms with Crippen LogP contribution in [0, 0.1) is 6.92 Å². The topological polar surface area (TPSA) is 67.1 Å². The summed E-state index contributed by atoms with van der Waals surface area (Å²) >= 11 is 5.95. The molecule has 6 nitrogen and oxygen atoms in total. The quantitative estimate of drug-likeness (QED) is 0.602. The molecule has 26 heavy (non-hydrogen) atoms. The second kappa shape index (κ2) is 9.03. The van der Waals surface area contributed by atoms with Crippen LogP contribution in [-0.2, 0) is 20.0 Å². The molecule has 0 bridgehead atoms. The van der Waals surface area contributed by atoms with Crippen LogP contribution in [0.5, 0.6) is 0 Å². The summed E-state index contributed by atoms with van der Waals surface area (Å²) in [4.78, 5) is 4.73. The third-order valence-electron chi connectivity index (χ3n) is 4.88. The lowest BCUT2D eigenvalue weighted by Gasteiger charge is -2.17. The van der Waals surface area contributed by atoms with Crippen molar-refractivity contribution < 1.29 is 0 Å². The normalized spacial score (nSPS) is 15.4. The number of aliphatic imine (C=N–C) groups is 1. The average molecular weight is 375 g/mol. The molecule has 0 amide bonds. The van der Waals surface area contributed by atoms with E-state index in [2.05, 4.69) is 33.0 Å². The van der Waals surface area contributed by atoms with Crippen molar-refractivity contribution in [2.24, 2.45) is 12.0 Å². The van der Waals surface area contributed by atoms with Crippen LogP contribution in [0.4, 0.5) is 0 Å². The van der Waals surface area contributed by atoms with Crippen molar-refractivity contribution in [3.63, 3.8) is 0 Å². The zero-order valence-corrected chi connectivity index (χ0v) is 16.3. The number of aryl methyl sites for hydroxylation is 1. The zero-order chi connectivity index (χ0) is 18.4. The van der Waals surface area contributed by atoms with Crippen molar-refractivity contribution in [3.8, 4) is 0 Å². The minimum atomic E-state index is 0.512. The summed E-state index contributed by atoms with van der Waals surface area (Å²) in [5, 5.41) is 16.1. The largest absolute Gasteiger partial charge is 0.356 e. The number of nitrogens with one attached hydrogen (secondary N) is 2. The summed E-state index contributed by atoms with van der Waals surface area (Å²) in [5.74, 6) is 2.62. The summed E-state index contributed by atoms with van der Waals surface area (Å²) in [6, 6.07) is 8.50. The number of hydrogen-bond acceptors (Lipinski definition) is 3. The first-order valence-electron chi connectivity index (χ1n) is 9.26. The third kappa shape index (κ3) is 5.21. The average Bonchev–Trinajstić information content (AvgIpc) is 3.25. The van der Waals surface area contributed by atoms with Gasteiger partial charge < -0.3 is 15.2 Å². The molecule has 140 valence electrons. The van der Waals surface area contributed by atoms with Crippen LogP contribution < -0.4 is 10.6 Å². The monoisotopic (exact) mass is 374 g/mol. The van der Waals surface area contributed by atoms with Gasteiger partial charge in [0.1, 0.15) is 12.4 Å². The van der Waals surface area contributed by atoms with Crippen molar-refractivity contribution in [3.05, 3.63) is 46.5 Å². The van der Waals surface area contributed by atoms with Crippen LogP contribution in [0.15, 0.2) is 29.3 Å². The molecule has 1 fully saturated rings. The molecule has 1 aromatic heterocycles. The molecule has 1 aliphatic rings. The van der Waals surface area contributed by atoms with Gasteiger partial charge in [0.05, 0.1) is 0 Å². The number of benzene rings is 1. The first kappa shape index (κ1) is 18.7. The summed E-state index contributed by atoms with van der Waals surface area (Å²) in [6.45, 7) is 3.28. The Morgan fingerprint density at radius 3 is 2.62 bits per heavy atom. The van der Waals surface area contributed by atoms with Gasteiger partial charge in [-0.3, -0.25) is 0 Å². The van der Waals surface area contributed by atoms with Crippen LogP contribution in [0.1, 0.15) is 42.9 Å². The number of aromatic nitrogens is 3. The highest BCUT2D eigenvalue weighted by atomic mass is 35.5. The standard InChI is InChI=1S/C19H27ClN6/c1-14-24-25-18(26(14)2)13-22-19(23-17-5-3-4-6-17)21-12-11-15-7-9-16(20)10-8-15/h7-10,17H,3-6,11-13H2,1-2H3,(H2,21,22,23). The summed E-state index contributed by atoms with van der Waals surface area (Å²) in [7, 11) is 1.97. The fourth-order valence-electron chi connectivity index (χ4n) is 3.13. The maximum absolute atomic E-state index is 5.95. The summed E-state index contributed by atoms with van der Waals surface area (Å²) < 4.78 is 1.98. The number of guanidine groups is 1. The first-order chi connectivity index (χ1) is 12.6. The number of halogens is 1. The van der Waals surface area contributed by atoms with Crippen LogP contribution in [0.3, 0.4) is 0 Å². The maximum Gasteiger partial charge on any atom is 0.191 e. The fourth-order valence-corrected chi connectivity index (χ4v) is 3.26. The molecule has 3 rings (SSSR count). The highest BCUT2D eigenvalue weighted by Gasteiger charge is 2.16. The van der Waals surface area contributed by atoms with Crippen LogP contribution in [0.25, 0.3) is 0 Å².